The molecule has 1 aliphatic carbocycles. The molecular formula is C12H22N4O. The van der Waals surface area contributed by atoms with Gasteiger partial charge in [0.2, 0.25) is 5.89 Å². The molecule has 0 radical (unpaired) electrons. The first-order valence-electron chi connectivity index (χ1n) is 6.41. The van der Waals surface area contributed by atoms with Crippen LogP contribution >= 0.6 is 0 Å². The molecule has 1 aliphatic rings. The minimum absolute atomic E-state index is 0.201. The highest BCUT2D eigenvalue weighted by Crippen LogP contribution is 2.30. The monoisotopic (exact) mass is 238 g/mol. The van der Waals surface area contributed by atoms with Gasteiger partial charge in [-0.3, -0.25) is 0 Å². The van der Waals surface area contributed by atoms with E-state index in [1.54, 1.807) is 0 Å². The summed E-state index contributed by atoms with van der Waals surface area (Å²) in [6, 6.07) is 0.898. The fourth-order valence-electron chi connectivity index (χ4n) is 2.57. The number of anilines is 1. The molecule has 3 unspecified atom stereocenters. The van der Waals surface area contributed by atoms with E-state index in [0.717, 1.165) is 0 Å². The van der Waals surface area contributed by atoms with Crippen molar-refractivity contribution in [1.82, 2.24) is 10.2 Å². The van der Waals surface area contributed by atoms with Gasteiger partial charge in [-0.2, -0.15) is 0 Å². The number of nitrogens with zero attached hydrogens (tertiary/aromatic N) is 3. The number of nitrogens with two attached hydrogens (primary N) is 1. The number of hydrogen-bond acceptors (Lipinski definition) is 5. The van der Waals surface area contributed by atoms with Crippen molar-refractivity contribution in [2.45, 2.75) is 51.6 Å². The van der Waals surface area contributed by atoms with Gasteiger partial charge < -0.3 is 15.1 Å². The Morgan fingerprint density at radius 2 is 2.06 bits per heavy atom. The molecule has 1 aromatic rings. The maximum atomic E-state index is 5.72. The van der Waals surface area contributed by atoms with Gasteiger partial charge >= 0.3 is 6.01 Å². The minimum Gasteiger partial charge on any atom is -0.406 e. The van der Waals surface area contributed by atoms with Crippen LogP contribution in [0, 0.1) is 5.92 Å². The van der Waals surface area contributed by atoms with Crippen LogP contribution in [0.1, 0.15) is 51.5 Å². The van der Waals surface area contributed by atoms with Crippen molar-refractivity contribution >= 4 is 6.01 Å². The zero-order chi connectivity index (χ0) is 12.4. The lowest BCUT2D eigenvalue weighted by atomic mass is 9.85. The number of rotatable bonds is 3. The molecule has 1 heterocycles. The van der Waals surface area contributed by atoms with Crippen LogP contribution < -0.4 is 10.6 Å². The van der Waals surface area contributed by atoms with Crippen LogP contribution in [0.3, 0.4) is 0 Å². The number of aromatic nitrogens is 2. The third-order valence-electron chi connectivity index (χ3n) is 3.68. The van der Waals surface area contributed by atoms with E-state index in [-0.39, 0.29) is 6.04 Å². The van der Waals surface area contributed by atoms with Gasteiger partial charge in [0.15, 0.2) is 0 Å². The van der Waals surface area contributed by atoms with E-state index in [9.17, 15) is 0 Å². The van der Waals surface area contributed by atoms with Crippen LogP contribution in [0.15, 0.2) is 4.42 Å². The molecule has 2 rings (SSSR count). The zero-order valence-electron chi connectivity index (χ0n) is 10.9. The van der Waals surface area contributed by atoms with E-state index in [1.165, 1.54) is 25.7 Å². The summed E-state index contributed by atoms with van der Waals surface area (Å²) in [6.45, 7) is 4.14. The fourth-order valence-corrected chi connectivity index (χ4v) is 2.57. The van der Waals surface area contributed by atoms with E-state index in [4.69, 9.17) is 10.2 Å². The Hall–Kier alpha value is -1.10. The molecule has 1 fully saturated rings. The Morgan fingerprint density at radius 1 is 1.35 bits per heavy atom. The van der Waals surface area contributed by atoms with Crippen molar-refractivity contribution in [3.8, 4) is 0 Å². The van der Waals surface area contributed by atoms with Crippen LogP contribution in [0.4, 0.5) is 6.01 Å². The first-order valence-corrected chi connectivity index (χ1v) is 6.41. The summed E-state index contributed by atoms with van der Waals surface area (Å²) in [5, 5.41) is 8.05. The maximum absolute atomic E-state index is 5.72. The Balaban J connectivity index is 2.09. The van der Waals surface area contributed by atoms with Gasteiger partial charge in [-0.25, -0.2) is 0 Å². The first kappa shape index (κ1) is 12.4. The second kappa shape index (κ2) is 5.04. The van der Waals surface area contributed by atoms with Gasteiger partial charge in [0.25, 0.3) is 0 Å². The van der Waals surface area contributed by atoms with Gasteiger partial charge in [0.1, 0.15) is 0 Å². The normalized spacial score (nSPS) is 26.8. The highest BCUT2D eigenvalue weighted by atomic mass is 16.4. The summed E-state index contributed by atoms with van der Waals surface area (Å²) in [5.74, 6) is 1.19. The quantitative estimate of drug-likeness (QED) is 0.873. The minimum atomic E-state index is -0.201. The Labute approximate surface area is 102 Å². The molecule has 17 heavy (non-hydrogen) atoms. The molecule has 5 nitrogen and oxygen atoms in total. The standard InChI is InChI=1S/C12H22N4O/c1-8-6-4-5-7-10(8)16(3)12-15-14-11(17-12)9(2)13/h8-10H,4-7,13H2,1-3H3. The molecular weight excluding hydrogens is 216 g/mol. The van der Waals surface area contributed by atoms with Gasteiger partial charge in [-0.05, 0) is 25.7 Å². The van der Waals surface area contributed by atoms with Crippen molar-refractivity contribution in [3.05, 3.63) is 5.89 Å². The van der Waals surface area contributed by atoms with Crippen LogP contribution in [0.2, 0.25) is 0 Å². The molecule has 5 heteroatoms. The zero-order valence-corrected chi connectivity index (χ0v) is 10.9. The van der Waals surface area contributed by atoms with Gasteiger partial charge in [0.05, 0.1) is 6.04 Å². The summed E-state index contributed by atoms with van der Waals surface area (Å²) < 4.78 is 5.59. The smallest absolute Gasteiger partial charge is 0.318 e. The summed E-state index contributed by atoms with van der Waals surface area (Å²) in [6.07, 6.45) is 5.10. The summed E-state index contributed by atoms with van der Waals surface area (Å²) in [4.78, 5) is 2.11. The van der Waals surface area contributed by atoms with E-state index in [0.29, 0.717) is 23.9 Å². The summed E-state index contributed by atoms with van der Waals surface area (Å²) in [7, 11) is 2.03. The van der Waals surface area contributed by atoms with Crippen molar-refractivity contribution in [2.24, 2.45) is 11.7 Å². The SMILES string of the molecule is CC(N)c1nnc(N(C)C2CCCCC2C)o1. The van der Waals surface area contributed by atoms with Gasteiger partial charge in [-0.15, -0.1) is 5.10 Å². The Morgan fingerprint density at radius 3 is 2.65 bits per heavy atom. The molecule has 0 aliphatic heterocycles. The predicted octanol–water partition coefficient (Wildman–Crippen LogP) is 2.10. The van der Waals surface area contributed by atoms with Crippen LogP contribution in [-0.4, -0.2) is 23.3 Å². The van der Waals surface area contributed by atoms with Crippen molar-refractivity contribution in [2.75, 3.05) is 11.9 Å². The molecule has 0 bridgehead atoms. The van der Waals surface area contributed by atoms with Crippen LogP contribution in [0.25, 0.3) is 0 Å². The topological polar surface area (TPSA) is 68.2 Å². The van der Waals surface area contributed by atoms with Gasteiger partial charge in [0, 0.05) is 13.1 Å². The summed E-state index contributed by atoms with van der Waals surface area (Å²) in [5.41, 5.74) is 5.72. The molecule has 2 N–H and O–H groups in total. The van der Waals surface area contributed by atoms with E-state index in [1.807, 2.05) is 14.0 Å². The van der Waals surface area contributed by atoms with Crippen molar-refractivity contribution in [1.29, 1.82) is 0 Å². The molecule has 1 aromatic heterocycles. The van der Waals surface area contributed by atoms with E-state index < -0.39 is 0 Å². The highest BCUT2D eigenvalue weighted by molar-refractivity contribution is 5.25. The molecule has 1 saturated carbocycles. The molecule has 0 saturated heterocycles. The molecule has 0 aromatic carbocycles. The fraction of sp³-hybridized carbons (Fsp3) is 0.833. The Kier molecular flexibility index (Phi) is 3.66. The maximum Gasteiger partial charge on any atom is 0.318 e. The summed E-state index contributed by atoms with van der Waals surface area (Å²) >= 11 is 0. The second-order valence-electron chi connectivity index (χ2n) is 5.15. The highest BCUT2D eigenvalue weighted by Gasteiger charge is 2.28. The Bertz CT molecular complexity index is 363. The van der Waals surface area contributed by atoms with Crippen molar-refractivity contribution < 1.29 is 4.42 Å². The van der Waals surface area contributed by atoms with E-state index >= 15 is 0 Å². The average molecular weight is 238 g/mol. The van der Waals surface area contributed by atoms with E-state index in [2.05, 4.69) is 22.0 Å². The second-order valence-corrected chi connectivity index (χ2v) is 5.15. The molecule has 3 atom stereocenters. The largest absolute Gasteiger partial charge is 0.406 e. The molecule has 96 valence electrons. The average Bonchev–Trinajstić information content (AvgIpc) is 2.78. The van der Waals surface area contributed by atoms with Crippen LogP contribution in [0.5, 0.6) is 0 Å². The lowest BCUT2D eigenvalue weighted by molar-refractivity contribution is 0.309. The van der Waals surface area contributed by atoms with Gasteiger partial charge in [-0.1, -0.05) is 24.9 Å². The number of hydrogen-bond donors (Lipinski definition) is 1. The molecule has 0 spiro atoms. The first-order chi connectivity index (χ1) is 8.09. The molecule has 0 amide bonds. The van der Waals surface area contributed by atoms with Crippen molar-refractivity contribution in [3.63, 3.8) is 0 Å². The lowest BCUT2D eigenvalue weighted by Gasteiger charge is -2.35. The van der Waals surface area contributed by atoms with Crippen LogP contribution in [-0.2, 0) is 0 Å². The third kappa shape index (κ3) is 2.60. The predicted molar refractivity (Wildman–Crippen MR) is 66.7 cm³/mol. The third-order valence-corrected chi connectivity index (χ3v) is 3.68. The lowest BCUT2D eigenvalue weighted by Crippen LogP contribution is -2.39.